The number of hydrogen-bond donors (Lipinski definition) is 2. The van der Waals surface area contributed by atoms with Crippen molar-refractivity contribution in [3.05, 3.63) is 44.9 Å². The van der Waals surface area contributed by atoms with Gasteiger partial charge in [-0.15, -0.1) is 11.3 Å². The number of nitrogens with zero attached hydrogens (tertiary/aromatic N) is 5. The lowest BCUT2D eigenvalue weighted by atomic mass is 10.3. The van der Waals surface area contributed by atoms with Crippen molar-refractivity contribution in [2.24, 2.45) is 0 Å². The first-order valence-electron chi connectivity index (χ1n) is 8.47. The molecular formula is C16H17N7O5S. The van der Waals surface area contributed by atoms with Crippen LogP contribution < -0.4 is 10.6 Å². The van der Waals surface area contributed by atoms with Crippen molar-refractivity contribution in [2.45, 2.75) is 20.4 Å². The highest BCUT2D eigenvalue weighted by molar-refractivity contribution is 7.13. The van der Waals surface area contributed by atoms with Crippen molar-refractivity contribution >= 4 is 28.8 Å². The van der Waals surface area contributed by atoms with Crippen LogP contribution in [0.5, 0.6) is 0 Å². The second-order valence-electron chi connectivity index (χ2n) is 5.94. The molecule has 2 amide bonds. The third-order valence-corrected chi connectivity index (χ3v) is 4.78. The molecule has 0 aliphatic carbocycles. The molecule has 12 nitrogen and oxygen atoms in total. The molecule has 0 saturated carbocycles. The smallest absolute Gasteiger partial charge is 0.316 e. The molecule has 2 N–H and O–H groups in total. The van der Waals surface area contributed by atoms with E-state index in [9.17, 15) is 19.7 Å². The molecule has 29 heavy (non-hydrogen) atoms. The predicted octanol–water partition coefficient (Wildman–Crippen LogP) is 1.07. The van der Waals surface area contributed by atoms with E-state index in [1.54, 1.807) is 0 Å². The van der Waals surface area contributed by atoms with Gasteiger partial charge in [0.2, 0.25) is 11.7 Å². The van der Waals surface area contributed by atoms with Gasteiger partial charge >= 0.3 is 17.5 Å². The Bertz CT molecular complexity index is 1040. The largest absolute Gasteiger partial charge is 0.353 e. The van der Waals surface area contributed by atoms with Gasteiger partial charge in [-0.05, 0) is 25.3 Å². The quantitative estimate of drug-likeness (QED) is 0.312. The maximum atomic E-state index is 12.0. The van der Waals surface area contributed by atoms with Crippen LogP contribution in [0.2, 0.25) is 0 Å². The number of aromatic nitrogens is 4. The maximum Gasteiger partial charge on any atom is 0.316 e. The first-order valence-corrected chi connectivity index (χ1v) is 9.35. The first-order chi connectivity index (χ1) is 13.9. The summed E-state index contributed by atoms with van der Waals surface area (Å²) in [6.07, 6.45) is 0. The number of aryl methyl sites for hydroxylation is 1. The number of nitrogens with one attached hydrogen (secondary N) is 2. The molecule has 0 spiro atoms. The first kappa shape index (κ1) is 20.1. The van der Waals surface area contributed by atoms with E-state index in [1.807, 2.05) is 17.5 Å². The fraction of sp³-hybridized carbons (Fsp3) is 0.312. The van der Waals surface area contributed by atoms with Crippen LogP contribution in [0.1, 0.15) is 22.1 Å². The highest BCUT2D eigenvalue weighted by Crippen LogP contribution is 2.22. The van der Waals surface area contributed by atoms with Crippen molar-refractivity contribution in [3.63, 3.8) is 0 Å². The summed E-state index contributed by atoms with van der Waals surface area (Å²) in [6.45, 7) is 3.16. The van der Waals surface area contributed by atoms with Crippen LogP contribution in [0.25, 0.3) is 10.7 Å². The zero-order valence-corrected chi connectivity index (χ0v) is 16.4. The summed E-state index contributed by atoms with van der Waals surface area (Å²) < 4.78 is 6.20. The van der Waals surface area contributed by atoms with Crippen LogP contribution >= 0.6 is 11.3 Å². The van der Waals surface area contributed by atoms with Gasteiger partial charge in [-0.3, -0.25) is 24.4 Å². The average molecular weight is 419 g/mol. The minimum absolute atomic E-state index is 0.105. The van der Waals surface area contributed by atoms with Gasteiger partial charge in [-0.2, -0.15) is 10.1 Å². The molecule has 13 heteroatoms. The van der Waals surface area contributed by atoms with Crippen molar-refractivity contribution < 1.29 is 19.0 Å². The second kappa shape index (κ2) is 8.60. The molecule has 3 aromatic heterocycles. The van der Waals surface area contributed by atoms with Gasteiger partial charge in [-0.1, -0.05) is 11.2 Å². The van der Waals surface area contributed by atoms with E-state index < -0.39 is 16.7 Å². The van der Waals surface area contributed by atoms with Crippen LogP contribution in [0, 0.1) is 24.0 Å². The second-order valence-corrected chi connectivity index (χ2v) is 6.89. The van der Waals surface area contributed by atoms with Crippen LogP contribution in [-0.2, 0) is 11.3 Å². The van der Waals surface area contributed by atoms with Gasteiger partial charge < -0.3 is 15.2 Å². The van der Waals surface area contributed by atoms with Gasteiger partial charge in [0.25, 0.3) is 0 Å². The number of thiophene rings is 1. The third kappa shape index (κ3) is 4.63. The minimum atomic E-state index is -0.552. The van der Waals surface area contributed by atoms with Gasteiger partial charge in [0.1, 0.15) is 17.9 Å². The lowest BCUT2D eigenvalue weighted by molar-refractivity contribution is -0.386. The number of carbonyl (C=O) groups is 2. The normalized spacial score (nSPS) is 10.7. The summed E-state index contributed by atoms with van der Waals surface area (Å²) in [5.41, 5.74) is 0.439. The number of nitro groups is 1. The standard InChI is InChI=1S/C16H17N7O5S/c1-9-13(23(26)27)10(2)22(20-9)8-12(24)17-5-6-18-15(25)16-19-14(21-28-16)11-4-3-7-29-11/h3-4,7H,5-6,8H2,1-2H3,(H,17,24)(H,18,25). The average Bonchev–Trinajstić information content (AvgIpc) is 3.39. The number of amides is 2. The predicted molar refractivity (Wildman–Crippen MR) is 101 cm³/mol. The van der Waals surface area contributed by atoms with Crippen LogP contribution in [0.4, 0.5) is 5.69 Å². The minimum Gasteiger partial charge on any atom is -0.353 e. The topological polar surface area (TPSA) is 158 Å². The Morgan fingerprint density at radius 3 is 2.72 bits per heavy atom. The van der Waals surface area contributed by atoms with E-state index in [0.29, 0.717) is 11.5 Å². The Kier molecular flexibility index (Phi) is 5.97. The fourth-order valence-electron chi connectivity index (χ4n) is 2.57. The zero-order valence-electron chi connectivity index (χ0n) is 15.5. The molecule has 3 heterocycles. The maximum absolute atomic E-state index is 12.0. The van der Waals surface area contributed by atoms with E-state index in [2.05, 4.69) is 25.9 Å². The third-order valence-electron chi connectivity index (χ3n) is 3.91. The Balaban J connectivity index is 1.45. The Hall–Kier alpha value is -3.61. The summed E-state index contributed by atoms with van der Waals surface area (Å²) in [5.74, 6) is -0.784. The molecule has 0 aromatic carbocycles. The van der Waals surface area contributed by atoms with Gasteiger partial charge in [0.05, 0.1) is 9.80 Å². The molecule has 152 valence electrons. The van der Waals surface area contributed by atoms with Crippen molar-refractivity contribution in [3.8, 4) is 10.7 Å². The Morgan fingerprint density at radius 2 is 2.07 bits per heavy atom. The number of carbonyl (C=O) groups excluding carboxylic acids is 2. The lowest BCUT2D eigenvalue weighted by Crippen LogP contribution is -2.36. The van der Waals surface area contributed by atoms with Crippen molar-refractivity contribution in [1.29, 1.82) is 0 Å². The van der Waals surface area contributed by atoms with E-state index >= 15 is 0 Å². The zero-order chi connectivity index (χ0) is 21.0. The molecule has 0 bridgehead atoms. The Labute approximate surface area is 168 Å². The molecule has 0 aliphatic rings. The highest BCUT2D eigenvalue weighted by Gasteiger charge is 2.22. The fourth-order valence-corrected chi connectivity index (χ4v) is 3.22. The molecular weight excluding hydrogens is 402 g/mol. The highest BCUT2D eigenvalue weighted by atomic mass is 32.1. The molecule has 0 fully saturated rings. The van der Waals surface area contributed by atoms with Crippen LogP contribution in [0.15, 0.2) is 22.0 Å². The van der Waals surface area contributed by atoms with Gasteiger partial charge in [0, 0.05) is 13.1 Å². The summed E-state index contributed by atoms with van der Waals surface area (Å²) >= 11 is 1.42. The summed E-state index contributed by atoms with van der Waals surface area (Å²) in [5, 5.41) is 25.8. The lowest BCUT2D eigenvalue weighted by Gasteiger charge is -2.06. The number of hydrogen-bond acceptors (Lipinski definition) is 9. The Morgan fingerprint density at radius 1 is 1.31 bits per heavy atom. The SMILES string of the molecule is Cc1nn(CC(=O)NCCNC(=O)c2nc(-c3cccs3)no2)c(C)c1[N+](=O)[O-]. The van der Waals surface area contributed by atoms with Gasteiger partial charge in [-0.25, -0.2) is 0 Å². The van der Waals surface area contributed by atoms with Gasteiger partial charge in [0.15, 0.2) is 0 Å². The molecule has 3 aromatic rings. The number of rotatable bonds is 8. The molecule has 0 atom stereocenters. The van der Waals surface area contributed by atoms with Crippen LogP contribution in [0.3, 0.4) is 0 Å². The molecule has 0 aliphatic heterocycles. The van der Waals surface area contributed by atoms with E-state index in [1.165, 1.54) is 29.9 Å². The molecule has 0 radical (unpaired) electrons. The van der Waals surface area contributed by atoms with Crippen molar-refractivity contribution in [1.82, 2.24) is 30.6 Å². The van der Waals surface area contributed by atoms with E-state index in [0.717, 1.165) is 4.88 Å². The summed E-state index contributed by atoms with van der Waals surface area (Å²) in [4.78, 5) is 39.3. The summed E-state index contributed by atoms with van der Waals surface area (Å²) in [7, 11) is 0. The molecule has 3 rings (SSSR count). The monoisotopic (exact) mass is 419 g/mol. The van der Waals surface area contributed by atoms with E-state index in [4.69, 9.17) is 4.52 Å². The molecule has 0 saturated heterocycles. The van der Waals surface area contributed by atoms with Crippen molar-refractivity contribution in [2.75, 3.05) is 13.1 Å². The van der Waals surface area contributed by atoms with Crippen LogP contribution in [-0.4, -0.2) is 49.7 Å². The molecule has 0 unspecified atom stereocenters. The summed E-state index contributed by atoms with van der Waals surface area (Å²) in [6, 6.07) is 3.65. The van der Waals surface area contributed by atoms with E-state index in [-0.39, 0.29) is 36.9 Å².